The number of rotatable bonds is 3. The molecule has 2 aromatic rings. The monoisotopic (exact) mass is 390 g/mol. The molecule has 1 fully saturated rings. The third-order valence-electron chi connectivity index (χ3n) is 5.01. The molecule has 0 spiro atoms. The Hall–Kier alpha value is -1.85. The van der Waals surface area contributed by atoms with Gasteiger partial charge in [-0.05, 0) is 49.1 Å². The molecule has 4 nitrogen and oxygen atoms in total. The average molecular weight is 391 g/mol. The lowest BCUT2D eigenvalue weighted by Crippen LogP contribution is -2.46. The van der Waals surface area contributed by atoms with Crippen molar-refractivity contribution >= 4 is 34.8 Å². The van der Waals surface area contributed by atoms with E-state index in [1.54, 1.807) is 11.8 Å². The molecular weight excluding hydrogens is 368 g/mol. The summed E-state index contributed by atoms with van der Waals surface area (Å²) in [6, 6.07) is 9.91. The van der Waals surface area contributed by atoms with E-state index in [4.69, 9.17) is 11.6 Å². The molecule has 0 saturated carbocycles. The Kier molecular flexibility index (Phi) is 5.68. The van der Waals surface area contributed by atoms with Crippen molar-refractivity contribution in [2.75, 3.05) is 20.1 Å². The summed E-state index contributed by atoms with van der Waals surface area (Å²) in [5.41, 5.74) is 2.13. The summed E-state index contributed by atoms with van der Waals surface area (Å²) >= 11 is 7.62. The van der Waals surface area contributed by atoms with Gasteiger partial charge in [0.15, 0.2) is 0 Å². The number of thiophene rings is 1. The van der Waals surface area contributed by atoms with Crippen LogP contribution in [-0.2, 0) is 4.79 Å². The number of benzene rings is 1. The van der Waals surface area contributed by atoms with E-state index >= 15 is 0 Å². The van der Waals surface area contributed by atoms with E-state index in [1.807, 2.05) is 49.2 Å². The van der Waals surface area contributed by atoms with Crippen molar-refractivity contribution in [3.05, 3.63) is 45.8 Å². The molecular formula is C20H23ClN2O2S. The van der Waals surface area contributed by atoms with Crippen LogP contribution < -0.4 is 0 Å². The number of piperidine rings is 1. The molecule has 0 aliphatic carbocycles. The number of aryl methyl sites for hydroxylation is 1. The predicted octanol–water partition coefficient (Wildman–Crippen LogP) is 4.46. The van der Waals surface area contributed by atoms with Crippen LogP contribution in [0, 0.1) is 6.92 Å². The second kappa shape index (κ2) is 7.80. The molecule has 0 atom stereocenters. The minimum Gasteiger partial charge on any atom is -0.343 e. The van der Waals surface area contributed by atoms with E-state index in [9.17, 15) is 9.59 Å². The van der Waals surface area contributed by atoms with Gasteiger partial charge in [0.25, 0.3) is 5.91 Å². The van der Waals surface area contributed by atoms with Gasteiger partial charge in [-0.25, -0.2) is 0 Å². The van der Waals surface area contributed by atoms with Crippen molar-refractivity contribution in [1.29, 1.82) is 0 Å². The fourth-order valence-corrected chi connectivity index (χ4v) is 4.70. The van der Waals surface area contributed by atoms with Crippen LogP contribution in [0.1, 0.15) is 35.0 Å². The van der Waals surface area contributed by atoms with Crippen molar-refractivity contribution in [3.63, 3.8) is 0 Å². The SMILES string of the molecule is CC(=O)N(C)C1CCN(C(=O)c2cc(C)c(-c3cccc(Cl)c3)s2)CC1. The molecule has 2 amide bonds. The van der Waals surface area contributed by atoms with E-state index < -0.39 is 0 Å². The summed E-state index contributed by atoms with van der Waals surface area (Å²) in [6.07, 6.45) is 1.65. The quantitative estimate of drug-likeness (QED) is 0.776. The summed E-state index contributed by atoms with van der Waals surface area (Å²) in [5, 5.41) is 0.694. The first kappa shape index (κ1) is 18.9. The molecule has 0 unspecified atom stereocenters. The minimum absolute atomic E-state index is 0.0785. The Morgan fingerprint density at radius 1 is 1.23 bits per heavy atom. The minimum atomic E-state index is 0.0785. The molecule has 2 heterocycles. The van der Waals surface area contributed by atoms with Crippen LogP contribution in [0.5, 0.6) is 0 Å². The maximum absolute atomic E-state index is 12.9. The molecule has 26 heavy (non-hydrogen) atoms. The first-order valence-corrected chi connectivity index (χ1v) is 9.95. The highest BCUT2D eigenvalue weighted by atomic mass is 35.5. The van der Waals surface area contributed by atoms with Crippen LogP contribution in [0.4, 0.5) is 0 Å². The van der Waals surface area contributed by atoms with Gasteiger partial charge in [-0.3, -0.25) is 9.59 Å². The standard InChI is InChI=1S/C20H23ClN2O2S/c1-13-11-18(26-19(13)15-5-4-6-16(21)12-15)20(25)23-9-7-17(8-10-23)22(3)14(2)24/h4-6,11-12,17H,7-10H2,1-3H3. The van der Waals surface area contributed by atoms with Crippen molar-refractivity contribution in [1.82, 2.24) is 9.80 Å². The number of hydrogen-bond acceptors (Lipinski definition) is 3. The van der Waals surface area contributed by atoms with Gasteiger partial charge >= 0.3 is 0 Å². The number of likely N-dealkylation sites (tertiary alicyclic amines) is 1. The Balaban J connectivity index is 1.72. The fraction of sp³-hybridized carbons (Fsp3) is 0.400. The Labute approximate surface area is 163 Å². The molecule has 138 valence electrons. The number of hydrogen-bond donors (Lipinski definition) is 0. The van der Waals surface area contributed by atoms with E-state index in [2.05, 4.69) is 0 Å². The number of carbonyl (C=O) groups excluding carboxylic acids is 2. The van der Waals surface area contributed by atoms with Crippen molar-refractivity contribution in [2.45, 2.75) is 32.7 Å². The van der Waals surface area contributed by atoms with Gasteiger partial charge in [-0.1, -0.05) is 23.7 Å². The lowest BCUT2D eigenvalue weighted by molar-refractivity contribution is -0.130. The maximum atomic E-state index is 12.9. The fourth-order valence-electron chi connectivity index (χ4n) is 3.37. The topological polar surface area (TPSA) is 40.6 Å². The molecule has 1 aromatic carbocycles. The van der Waals surface area contributed by atoms with Crippen LogP contribution in [0.25, 0.3) is 10.4 Å². The van der Waals surface area contributed by atoms with E-state index in [0.717, 1.165) is 33.7 Å². The molecule has 0 bridgehead atoms. The Bertz CT molecular complexity index is 825. The zero-order valence-corrected chi connectivity index (χ0v) is 16.9. The first-order chi connectivity index (χ1) is 12.4. The Morgan fingerprint density at radius 2 is 1.92 bits per heavy atom. The summed E-state index contributed by atoms with van der Waals surface area (Å²) in [7, 11) is 1.84. The summed E-state index contributed by atoms with van der Waals surface area (Å²) in [4.78, 5) is 30.0. The van der Waals surface area contributed by atoms with Gasteiger partial charge in [-0.15, -0.1) is 11.3 Å². The van der Waals surface area contributed by atoms with Crippen LogP contribution in [0.2, 0.25) is 5.02 Å². The highest BCUT2D eigenvalue weighted by Crippen LogP contribution is 2.34. The van der Waals surface area contributed by atoms with E-state index in [-0.39, 0.29) is 17.9 Å². The average Bonchev–Trinajstić information content (AvgIpc) is 3.02. The summed E-state index contributed by atoms with van der Waals surface area (Å²) in [5.74, 6) is 0.158. The van der Waals surface area contributed by atoms with Gasteiger partial charge in [0, 0.05) is 43.0 Å². The molecule has 6 heteroatoms. The van der Waals surface area contributed by atoms with Gasteiger partial charge in [0.05, 0.1) is 4.88 Å². The normalized spacial score (nSPS) is 15.2. The molecule has 0 radical (unpaired) electrons. The largest absolute Gasteiger partial charge is 0.343 e. The molecule has 1 aromatic heterocycles. The molecule has 3 rings (SSSR count). The number of nitrogens with zero attached hydrogens (tertiary/aromatic N) is 2. The summed E-state index contributed by atoms with van der Waals surface area (Å²) < 4.78 is 0. The number of carbonyl (C=O) groups is 2. The van der Waals surface area contributed by atoms with Crippen LogP contribution in [0.3, 0.4) is 0 Å². The second-order valence-corrected chi connectivity index (χ2v) is 8.28. The van der Waals surface area contributed by atoms with Crippen molar-refractivity contribution in [2.24, 2.45) is 0 Å². The zero-order valence-electron chi connectivity index (χ0n) is 15.3. The second-order valence-electron chi connectivity index (χ2n) is 6.79. The molecule has 0 N–H and O–H groups in total. The van der Waals surface area contributed by atoms with Crippen LogP contribution >= 0.6 is 22.9 Å². The van der Waals surface area contributed by atoms with Gasteiger partial charge in [0.2, 0.25) is 5.91 Å². The highest BCUT2D eigenvalue weighted by molar-refractivity contribution is 7.17. The number of amides is 2. The van der Waals surface area contributed by atoms with E-state index in [0.29, 0.717) is 18.1 Å². The lowest BCUT2D eigenvalue weighted by atomic mass is 10.0. The van der Waals surface area contributed by atoms with E-state index in [1.165, 1.54) is 11.3 Å². The third kappa shape index (κ3) is 3.94. The summed E-state index contributed by atoms with van der Waals surface area (Å²) in [6.45, 7) is 4.98. The smallest absolute Gasteiger partial charge is 0.263 e. The van der Waals surface area contributed by atoms with Gasteiger partial charge in [-0.2, -0.15) is 0 Å². The zero-order chi connectivity index (χ0) is 18.8. The van der Waals surface area contributed by atoms with Crippen LogP contribution in [0.15, 0.2) is 30.3 Å². The first-order valence-electron chi connectivity index (χ1n) is 8.76. The van der Waals surface area contributed by atoms with Crippen molar-refractivity contribution in [3.8, 4) is 10.4 Å². The van der Waals surface area contributed by atoms with Crippen molar-refractivity contribution < 1.29 is 9.59 Å². The highest BCUT2D eigenvalue weighted by Gasteiger charge is 2.28. The molecule has 1 aliphatic rings. The maximum Gasteiger partial charge on any atom is 0.263 e. The number of halogens is 1. The van der Waals surface area contributed by atoms with Crippen LogP contribution in [-0.4, -0.2) is 47.8 Å². The van der Waals surface area contributed by atoms with Gasteiger partial charge in [0.1, 0.15) is 0 Å². The lowest BCUT2D eigenvalue weighted by Gasteiger charge is -2.36. The van der Waals surface area contributed by atoms with Gasteiger partial charge < -0.3 is 9.80 Å². The Morgan fingerprint density at radius 3 is 2.54 bits per heavy atom. The third-order valence-corrected chi connectivity index (χ3v) is 6.52. The predicted molar refractivity (Wildman–Crippen MR) is 107 cm³/mol. The molecule has 1 saturated heterocycles. The molecule has 1 aliphatic heterocycles.